The number of nitrogens with one attached hydrogen (secondary N) is 1. The number of aromatic nitrogens is 4. The monoisotopic (exact) mass is 309 g/mol. The molecule has 1 aromatic heterocycles. The van der Waals surface area contributed by atoms with Crippen LogP contribution in [0.2, 0.25) is 0 Å². The first-order chi connectivity index (χ1) is 11.1. The van der Waals surface area contributed by atoms with Crippen molar-refractivity contribution in [1.29, 1.82) is 0 Å². The summed E-state index contributed by atoms with van der Waals surface area (Å²) in [6.07, 6.45) is 0. The highest BCUT2D eigenvalue weighted by molar-refractivity contribution is 5.99. The summed E-state index contributed by atoms with van der Waals surface area (Å²) in [5.74, 6) is 0.393. The Hall–Kier alpha value is -3.22. The van der Waals surface area contributed by atoms with Crippen LogP contribution in [-0.4, -0.2) is 43.6 Å². The molecule has 2 N–H and O–H groups in total. The molecule has 0 bridgehead atoms. The number of hydrogen-bond donors (Lipinski definition) is 2. The van der Waals surface area contributed by atoms with E-state index in [1.54, 1.807) is 48.3 Å². The number of rotatable bonds is 4. The van der Waals surface area contributed by atoms with Crippen LogP contribution in [0.25, 0.3) is 11.4 Å². The Labute approximate surface area is 132 Å². The first-order valence-corrected chi connectivity index (χ1v) is 7.01. The molecule has 7 heteroatoms. The van der Waals surface area contributed by atoms with Crippen molar-refractivity contribution in [1.82, 2.24) is 25.5 Å². The van der Waals surface area contributed by atoms with Crippen LogP contribution < -0.4 is 0 Å². The van der Waals surface area contributed by atoms with E-state index in [1.807, 2.05) is 12.1 Å². The molecule has 23 heavy (non-hydrogen) atoms. The molecule has 0 aliphatic heterocycles. The van der Waals surface area contributed by atoms with Crippen LogP contribution in [0.1, 0.15) is 15.9 Å². The highest BCUT2D eigenvalue weighted by Crippen LogP contribution is 2.21. The first kappa shape index (κ1) is 14.7. The number of hydrogen-bond acceptors (Lipinski definition) is 5. The largest absolute Gasteiger partial charge is 0.508 e. The predicted octanol–water partition coefficient (Wildman–Crippen LogP) is 1.84. The van der Waals surface area contributed by atoms with Gasteiger partial charge in [-0.25, -0.2) is 0 Å². The minimum absolute atomic E-state index is 0.159. The lowest BCUT2D eigenvalue weighted by Crippen LogP contribution is -2.26. The second-order valence-electron chi connectivity index (χ2n) is 5.11. The van der Waals surface area contributed by atoms with E-state index in [0.29, 0.717) is 23.5 Å². The molecule has 0 aliphatic carbocycles. The van der Waals surface area contributed by atoms with E-state index >= 15 is 0 Å². The van der Waals surface area contributed by atoms with Gasteiger partial charge in [-0.05, 0) is 29.0 Å². The minimum Gasteiger partial charge on any atom is -0.508 e. The van der Waals surface area contributed by atoms with Crippen molar-refractivity contribution in [2.45, 2.75) is 6.54 Å². The second kappa shape index (κ2) is 6.27. The Morgan fingerprint density at radius 2 is 2.04 bits per heavy atom. The Kier molecular flexibility index (Phi) is 4.01. The van der Waals surface area contributed by atoms with Gasteiger partial charge in [0.15, 0.2) is 0 Å². The van der Waals surface area contributed by atoms with E-state index in [-0.39, 0.29) is 11.7 Å². The molecule has 116 valence electrons. The maximum atomic E-state index is 12.7. The number of benzene rings is 2. The molecule has 0 atom stereocenters. The molecule has 0 saturated carbocycles. The second-order valence-corrected chi connectivity index (χ2v) is 5.11. The van der Waals surface area contributed by atoms with Crippen LogP contribution in [0.15, 0.2) is 48.5 Å². The van der Waals surface area contributed by atoms with Gasteiger partial charge in [-0.15, -0.1) is 10.2 Å². The molecule has 0 fully saturated rings. The van der Waals surface area contributed by atoms with Crippen molar-refractivity contribution in [3.8, 4) is 17.1 Å². The molecular formula is C16H15N5O2. The fraction of sp³-hybridized carbons (Fsp3) is 0.125. The highest BCUT2D eigenvalue weighted by atomic mass is 16.3. The summed E-state index contributed by atoms with van der Waals surface area (Å²) in [6, 6.07) is 13.9. The van der Waals surface area contributed by atoms with Gasteiger partial charge in [-0.2, -0.15) is 5.21 Å². The number of phenols is 1. The molecule has 0 aliphatic rings. The van der Waals surface area contributed by atoms with Crippen LogP contribution in [0.4, 0.5) is 0 Å². The van der Waals surface area contributed by atoms with Gasteiger partial charge in [0.05, 0.1) is 5.56 Å². The van der Waals surface area contributed by atoms with E-state index in [1.165, 1.54) is 0 Å². The Morgan fingerprint density at radius 3 is 2.78 bits per heavy atom. The van der Waals surface area contributed by atoms with Gasteiger partial charge in [0.1, 0.15) is 5.75 Å². The van der Waals surface area contributed by atoms with E-state index in [4.69, 9.17) is 0 Å². The molecule has 3 rings (SSSR count). The summed E-state index contributed by atoms with van der Waals surface area (Å²) in [4.78, 5) is 14.3. The van der Waals surface area contributed by atoms with Crippen molar-refractivity contribution in [3.63, 3.8) is 0 Å². The number of carbonyl (C=O) groups excluding carboxylic acids is 1. The topological polar surface area (TPSA) is 95.0 Å². The third-order valence-electron chi connectivity index (χ3n) is 3.42. The van der Waals surface area contributed by atoms with Crippen LogP contribution in [0.5, 0.6) is 5.75 Å². The molecule has 0 unspecified atom stereocenters. The summed E-state index contributed by atoms with van der Waals surface area (Å²) < 4.78 is 0. The van der Waals surface area contributed by atoms with E-state index in [2.05, 4.69) is 20.6 Å². The van der Waals surface area contributed by atoms with Gasteiger partial charge < -0.3 is 10.0 Å². The number of nitrogens with zero attached hydrogens (tertiary/aromatic N) is 4. The standard InChI is InChI=1S/C16H15N5O2/c1-21(10-11-5-4-6-12(22)9-11)16(23)14-8-3-2-7-13(14)15-17-19-20-18-15/h2-9,22H,10H2,1H3,(H,17,18,19,20). The average Bonchev–Trinajstić information content (AvgIpc) is 3.08. The van der Waals surface area contributed by atoms with Crippen LogP contribution in [-0.2, 0) is 6.54 Å². The smallest absolute Gasteiger partial charge is 0.254 e. The third-order valence-corrected chi connectivity index (χ3v) is 3.42. The molecule has 3 aromatic rings. The molecule has 0 radical (unpaired) electrons. The lowest BCUT2D eigenvalue weighted by atomic mass is 10.1. The van der Waals surface area contributed by atoms with Crippen LogP contribution in [0, 0.1) is 0 Å². The zero-order chi connectivity index (χ0) is 16.2. The van der Waals surface area contributed by atoms with Gasteiger partial charge in [0, 0.05) is 19.2 Å². The number of aromatic amines is 1. The van der Waals surface area contributed by atoms with Crippen LogP contribution in [0.3, 0.4) is 0 Å². The molecule has 0 saturated heterocycles. The van der Waals surface area contributed by atoms with Gasteiger partial charge in [0.2, 0.25) is 5.82 Å². The molecule has 2 aromatic carbocycles. The number of carbonyl (C=O) groups is 1. The summed E-state index contributed by atoms with van der Waals surface area (Å²) >= 11 is 0. The van der Waals surface area contributed by atoms with Crippen LogP contribution >= 0.6 is 0 Å². The van der Waals surface area contributed by atoms with Crippen molar-refractivity contribution in [3.05, 3.63) is 59.7 Å². The summed E-state index contributed by atoms with van der Waals surface area (Å²) in [5, 5.41) is 23.3. The minimum atomic E-state index is -0.159. The Balaban J connectivity index is 1.86. The quantitative estimate of drug-likeness (QED) is 0.767. The Bertz CT molecular complexity index is 817. The molecular weight excluding hydrogens is 294 g/mol. The lowest BCUT2D eigenvalue weighted by Gasteiger charge is -2.18. The number of phenolic OH excluding ortho intramolecular Hbond substituents is 1. The van der Waals surface area contributed by atoms with E-state index in [0.717, 1.165) is 5.56 Å². The number of amides is 1. The summed E-state index contributed by atoms with van der Waals surface area (Å²) in [7, 11) is 1.71. The average molecular weight is 309 g/mol. The SMILES string of the molecule is CN(Cc1cccc(O)c1)C(=O)c1ccccc1-c1nn[nH]n1. The molecule has 1 heterocycles. The van der Waals surface area contributed by atoms with E-state index < -0.39 is 0 Å². The Morgan fingerprint density at radius 1 is 1.22 bits per heavy atom. The van der Waals surface area contributed by atoms with Gasteiger partial charge in [-0.1, -0.05) is 30.3 Å². The predicted molar refractivity (Wildman–Crippen MR) is 83.5 cm³/mol. The van der Waals surface area contributed by atoms with E-state index in [9.17, 15) is 9.90 Å². The van der Waals surface area contributed by atoms with Crippen molar-refractivity contribution >= 4 is 5.91 Å². The fourth-order valence-corrected chi connectivity index (χ4v) is 2.35. The zero-order valence-electron chi connectivity index (χ0n) is 12.5. The highest BCUT2D eigenvalue weighted by Gasteiger charge is 2.18. The van der Waals surface area contributed by atoms with Gasteiger partial charge in [0.25, 0.3) is 5.91 Å². The fourth-order valence-electron chi connectivity index (χ4n) is 2.35. The van der Waals surface area contributed by atoms with Gasteiger partial charge >= 0.3 is 0 Å². The normalized spacial score (nSPS) is 10.5. The molecule has 7 nitrogen and oxygen atoms in total. The number of tetrazole rings is 1. The summed E-state index contributed by atoms with van der Waals surface area (Å²) in [6.45, 7) is 0.383. The van der Waals surface area contributed by atoms with Crippen molar-refractivity contribution in [2.75, 3.05) is 7.05 Å². The zero-order valence-corrected chi connectivity index (χ0v) is 12.5. The maximum Gasteiger partial charge on any atom is 0.254 e. The number of aromatic hydroxyl groups is 1. The van der Waals surface area contributed by atoms with Gasteiger partial charge in [-0.3, -0.25) is 4.79 Å². The third kappa shape index (κ3) is 3.18. The number of H-pyrrole nitrogens is 1. The molecule has 0 spiro atoms. The summed E-state index contributed by atoms with van der Waals surface area (Å²) in [5.41, 5.74) is 1.96. The maximum absolute atomic E-state index is 12.7. The molecule has 1 amide bonds. The lowest BCUT2D eigenvalue weighted by molar-refractivity contribution is 0.0785. The first-order valence-electron chi connectivity index (χ1n) is 7.01. The van der Waals surface area contributed by atoms with Crippen molar-refractivity contribution < 1.29 is 9.90 Å². The van der Waals surface area contributed by atoms with Crippen molar-refractivity contribution in [2.24, 2.45) is 0 Å².